The van der Waals surface area contributed by atoms with Gasteiger partial charge in [-0.3, -0.25) is 5.10 Å². The summed E-state index contributed by atoms with van der Waals surface area (Å²) in [5.41, 5.74) is 0.0977. The van der Waals surface area contributed by atoms with Gasteiger partial charge in [0.05, 0.1) is 12.2 Å². The molecule has 0 aliphatic heterocycles. The van der Waals surface area contributed by atoms with Gasteiger partial charge in [0.15, 0.2) is 0 Å². The van der Waals surface area contributed by atoms with E-state index in [1.807, 2.05) is 0 Å². The number of hydrogen-bond donors (Lipinski definition) is 1. The Bertz CT molecular complexity index is 603. The number of hydrogen-bond acceptors (Lipinski definition) is 3. The molecular weight excluding hydrogens is 273 g/mol. The molecule has 0 bridgehead atoms. The van der Waals surface area contributed by atoms with Crippen LogP contribution in [-0.2, 0) is 10.9 Å². The second-order valence-electron chi connectivity index (χ2n) is 3.94. The average Bonchev–Trinajstić information content (AvgIpc) is 2.87. The van der Waals surface area contributed by atoms with E-state index in [0.717, 1.165) is 12.1 Å². The highest BCUT2D eigenvalue weighted by atomic mass is 19.4. The molecule has 7 heteroatoms. The van der Waals surface area contributed by atoms with E-state index >= 15 is 0 Å². The number of halogens is 3. The minimum Gasteiger partial charge on any atom is -0.462 e. The highest BCUT2D eigenvalue weighted by Crippen LogP contribution is 2.31. The Morgan fingerprint density at radius 2 is 1.95 bits per heavy atom. The number of H-pyrrole nitrogens is 1. The smallest absolute Gasteiger partial charge is 0.416 e. The molecule has 2 aromatic rings. The summed E-state index contributed by atoms with van der Waals surface area (Å²) in [5, 5.41) is 6.38. The zero-order valence-corrected chi connectivity index (χ0v) is 10.5. The number of benzene rings is 1. The molecule has 1 aromatic carbocycles. The highest BCUT2D eigenvalue weighted by molar-refractivity contribution is 5.95. The SMILES string of the molecule is CCOC(=O)c1c[nH]nc1-c1ccc(C(F)(F)F)cc1. The normalized spacial score (nSPS) is 11.4. The average molecular weight is 284 g/mol. The molecule has 20 heavy (non-hydrogen) atoms. The zero-order chi connectivity index (χ0) is 14.8. The lowest BCUT2D eigenvalue weighted by molar-refractivity contribution is -0.137. The molecule has 0 aliphatic carbocycles. The van der Waals surface area contributed by atoms with Crippen molar-refractivity contribution < 1.29 is 22.7 Å². The summed E-state index contributed by atoms with van der Waals surface area (Å²) in [5.74, 6) is -0.573. The van der Waals surface area contributed by atoms with E-state index in [2.05, 4.69) is 10.2 Å². The van der Waals surface area contributed by atoms with Crippen molar-refractivity contribution in [3.63, 3.8) is 0 Å². The minimum atomic E-state index is -4.39. The number of nitrogens with zero attached hydrogens (tertiary/aromatic N) is 1. The minimum absolute atomic E-state index is 0.187. The summed E-state index contributed by atoms with van der Waals surface area (Å²) in [6, 6.07) is 4.42. The molecule has 0 saturated heterocycles. The van der Waals surface area contributed by atoms with Crippen molar-refractivity contribution in [2.75, 3.05) is 6.61 Å². The van der Waals surface area contributed by atoms with E-state index in [-0.39, 0.29) is 17.9 Å². The van der Waals surface area contributed by atoms with Crippen LogP contribution in [0.25, 0.3) is 11.3 Å². The molecule has 4 nitrogen and oxygen atoms in total. The van der Waals surface area contributed by atoms with E-state index in [4.69, 9.17) is 4.74 Å². The van der Waals surface area contributed by atoms with Crippen LogP contribution in [0.4, 0.5) is 13.2 Å². The number of alkyl halides is 3. The Kier molecular flexibility index (Phi) is 3.78. The number of carbonyl (C=O) groups excluding carboxylic acids is 1. The molecular formula is C13H11F3N2O2. The van der Waals surface area contributed by atoms with Gasteiger partial charge in [0.1, 0.15) is 11.3 Å². The van der Waals surface area contributed by atoms with Gasteiger partial charge in [-0.05, 0) is 19.1 Å². The van der Waals surface area contributed by atoms with Crippen LogP contribution in [0.1, 0.15) is 22.8 Å². The van der Waals surface area contributed by atoms with Crippen molar-refractivity contribution in [1.82, 2.24) is 10.2 Å². The van der Waals surface area contributed by atoms with Crippen LogP contribution >= 0.6 is 0 Å². The quantitative estimate of drug-likeness (QED) is 0.880. The summed E-state index contributed by atoms with van der Waals surface area (Å²) >= 11 is 0. The molecule has 0 atom stereocenters. The number of nitrogens with one attached hydrogen (secondary N) is 1. The molecule has 2 rings (SSSR count). The predicted octanol–water partition coefficient (Wildman–Crippen LogP) is 3.27. The first-order valence-corrected chi connectivity index (χ1v) is 5.82. The second-order valence-corrected chi connectivity index (χ2v) is 3.94. The monoisotopic (exact) mass is 284 g/mol. The third kappa shape index (κ3) is 2.81. The Balaban J connectivity index is 2.33. The molecule has 0 spiro atoms. The molecule has 0 aliphatic rings. The van der Waals surface area contributed by atoms with Crippen molar-refractivity contribution in [2.45, 2.75) is 13.1 Å². The van der Waals surface area contributed by atoms with Crippen molar-refractivity contribution in [3.05, 3.63) is 41.6 Å². The zero-order valence-electron chi connectivity index (χ0n) is 10.5. The van der Waals surface area contributed by atoms with Crippen LogP contribution in [-0.4, -0.2) is 22.8 Å². The molecule has 0 saturated carbocycles. The summed E-state index contributed by atoms with van der Waals surface area (Å²) in [4.78, 5) is 11.7. The molecule has 1 N–H and O–H groups in total. The fraction of sp³-hybridized carbons (Fsp3) is 0.231. The lowest BCUT2D eigenvalue weighted by atomic mass is 10.1. The first-order chi connectivity index (χ1) is 9.43. The number of ether oxygens (including phenoxy) is 1. The predicted molar refractivity (Wildman–Crippen MR) is 65.0 cm³/mol. The Labute approximate surface area is 112 Å². The Hall–Kier alpha value is -2.31. The highest BCUT2D eigenvalue weighted by Gasteiger charge is 2.30. The van der Waals surface area contributed by atoms with E-state index in [1.165, 1.54) is 18.3 Å². The molecule has 1 aromatic heterocycles. The van der Waals surface area contributed by atoms with Crippen molar-refractivity contribution in [3.8, 4) is 11.3 Å². The van der Waals surface area contributed by atoms with Gasteiger partial charge in [-0.2, -0.15) is 18.3 Å². The fourth-order valence-electron chi connectivity index (χ4n) is 1.69. The molecule has 0 unspecified atom stereocenters. The first kappa shape index (κ1) is 14.1. The van der Waals surface area contributed by atoms with E-state index in [9.17, 15) is 18.0 Å². The lowest BCUT2D eigenvalue weighted by Crippen LogP contribution is -2.06. The second kappa shape index (κ2) is 5.36. The lowest BCUT2D eigenvalue weighted by Gasteiger charge is -2.07. The molecule has 1 heterocycles. The maximum atomic E-state index is 12.5. The number of esters is 1. The van der Waals surface area contributed by atoms with Gasteiger partial charge in [0.2, 0.25) is 0 Å². The maximum Gasteiger partial charge on any atom is 0.416 e. The summed E-state index contributed by atoms with van der Waals surface area (Å²) in [7, 11) is 0. The molecule has 0 radical (unpaired) electrons. The number of rotatable bonds is 3. The number of aromatic amines is 1. The van der Waals surface area contributed by atoms with Gasteiger partial charge in [-0.1, -0.05) is 12.1 Å². The van der Waals surface area contributed by atoms with Gasteiger partial charge < -0.3 is 4.74 Å². The van der Waals surface area contributed by atoms with Gasteiger partial charge in [0.25, 0.3) is 0 Å². The Morgan fingerprint density at radius 3 is 2.50 bits per heavy atom. The van der Waals surface area contributed by atoms with Crippen molar-refractivity contribution in [2.24, 2.45) is 0 Å². The van der Waals surface area contributed by atoms with Crippen molar-refractivity contribution >= 4 is 5.97 Å². The van der Waals surface area contributed by atoms with Gasteiger partial charge >= 0.3 is 12.1 Å². The standard InChI is InChI=1S/C13H11F3N2O2/c1-2-20-12(19)10-7-17-18-11(10)8-3-5-9(6-4-8)13(14,15)16/h3-7H,2H2,1H3,(H,17,18). The third-order valence-corrected chi connectivity index (χ3v) is 2.62. The summed E-state index contributed by atoms with van der Waals surface area (Å²) in [6.07, 6.45) is -3.04. The van der Waals surface area contributed by atoms with Crippen LogP contribution in [0.2, 0.25) is 0 Å². The largest absolute Gasteiger partial charge is 0.462 e. The number of aromatic nitrogens is 2. The van der Waals surface area contributed by atoms with E-state index < -0.39 is 17.7 Å². The van der Waals surface area contributed by atoms with Crippen LogP contribution < -0.4 is 0 Å². The van der Waals surface area contributed by atoms with Crippen LogP contribution in [0.3, 0.4) is 0 Å². The van der Waals surface area contributed by atoms with E-state index in [0.29, 0.717) is 5.56 Å². The van der Waals surface area contributed by atoms with Gasteiger partial charge in [0, 0.05) is 11.8 Å². The maximum absolute atomic E-state index is 12.5. The summed E-state index contributed by atoms with van der Waals surface area (Å²) in [6.45, 7) is 1.87. The summed E-state index contributed by atoms with van der Waals surface area (Å²) < 4.78 is 42.3. The molecule has 0 fully saturated rings. The van der Waals surface area contributed by atoms with Gasteiger partial charge in [-0.25, -0.2) is 4.79 Å². The first-order valence-electron chi connectivity index (χ1n) is 5.82. The van der Waals surface area contributed by atoms with Crippen molar-refractivity contribution in [1.29, 1.82) is 0 Å². The van der Waals surface area contributed by atoms with Gasteiger partial charge in [-0.15, -0.1) is 0 Å². The topological polar surface area (TPSA) is 55.0 Å². The van der Waals surface area contributed by atoms with E-state index in [1.54, 1.807) is 6.92 Å². The Morgan fingerprint density at radius 1 is 1.30 bits per heavy atom. The number of carbonyl (C=O) groups is 1. The molecule has 0 amide bonds. The third-order valence-electron chi connectivity index (χ3n) is 2.62. The van der Waals surface area contributed by atoms with Crippen LogP contribution in [0.15, 0.2) is 30.5 Å². The van der Waals surface area contributed by atoms with Crippen LogP contribution in [0, 0.1) is 0 Å². The van der Waals surface area contributed by atoms with Crippen LogP contribution in [0.5, 0.6) is 0 Å². The fourth-order valence-corrected chi connectivity index (χ4v) is 1.69. The molecule has 106 valence electrons.